The standard InChI is InChI=1S/C28H30N2O4/c1-27-20(17-11-7-5-8-12-17)21(18-13-9-6-10-14-18)28(2,26(27)34)23-22(27)24(32)30(25(23)33)16-19(31)15-29(3)4/h5-14,19,22-23,31H,15-16H2,1-4H3. The largest absolute Gasteiger partial charge is 0.390 e. The number of likely N-dealkylation sites (tertiary alicyclic amines) is 1. The molecule has 5 unspecified atom stereocenters. The summed E-state index contributed by atoms with van der Waals surface area (Å²) in [6, 6.07) is 19.4. The third-order valence-corrected chi connectivity index (χ3v) is 7.97. The molecular formula is C28H30N2O4. The molecule has 2 amide bonds. The van der Waals surface area contributed by atoms with Crippen molar-refractivity contribution in [3.05, 3.63) is 71.8 Å². The van der Waals surface area contributed by atoms with E-state index < -0.39 is 28.8 Å². The van der Waals surface area contributed by atoms with Crippen molar-refractivity contribution in [3.63, 3.8) is 0 Å². The molecule has 1 heterocycles. The average Bonchev–Trinajstić information content (AvgIpc) is 3.24. The first-order valence-electron chi connectivity index (χ1n) is 11.7. The number of rotatable bonds is 6. The van der Waals surface area contributed by atoms with Gasteiger partial charge >= 0.3 is 0 Å². The maximum atomic E-state index is 14.1. The summed E-state index contributed by atoms with van der Waals surface area (Å²) in [6.07, 6.45) is -0.856. The number of allylic oxidation sites excluding steroid dienone is 2. The van der Waals surface area contributed by atoms with Crippen LogP contribution in [0.25, 0.3) is 11.1 Å². The van der Waals surface area contributed by atoms with Crippen LogP contribution in [0.4, 0.5) is 0 Å². The van der Waals surface area contributed by atoms with E-state index in [9.17, 15) is 19.5 Å². The van der Waals surface area contributed by atoms with Crippen molar-refractivity contribution in [2.24, 2.45) is 22.7 Å². The van der Waals surface area contributed by atoms with Crippen molar-refractivity contribution in [1.82, 2.24) is 9.80 Å². The van der Waals surface area contributed by atoms with Gasteiger partial charge in [-0.2, -0.15) is 0 Å². The lowest BCUT2D eigenvalue weighted by atomic mass is 9.63. The minimum atomic E-state index is -1.13. The molecule has 5 atom stereocenters. The zero-order valence-corrected chi connectivity index (χ0v) is 20.0. The molecule has 176 valence electrons. The molecule has 3 aliphatic rings. The number of Topliss-reactive ketones (excluding diaryl/α,β-unsaturated/α-hetero) is 1. The van der Waals surface area contributed by atoms with Gasteiger partial charge in [0.15, 0.2) is 5.78 Å². The van der Waals surface area contributed by atoms with Crippen molar-refractivity contribution in [1.29, 1.82) is 0 Å². The fourth-order valence-electron chi connectivity index (χ4n) is 6.74. The number of hydrogen-bond acceptors (Lipinski definition) is 5. The second-order valence-corrected chi connectivity index (χ2v) is 10.4. The van der Waals surface area contributed by atoms with E-state index in [1.165, 1.54) is 4.90 Å². The van der Waals surface area contributed by atoms with Gasteiger partial charge in [0, 0.05) is 6.54 Å². The Kier molecular flexibility index (Phi) is 5.15. The predicted molar refractivity (Wildman–Crippen MR) is 129 cm³/mol. The van der Waals surface area contributed by atoms with Gasteiger partial charge < -0.3 is 10.0 Å². The maximum absolute atomic E-state index is 14.1. The van der Waals surface area contributed by atoms with Crippen LogP contribution < -0.4 is 0 Å². The van der Waals surface area contributed by atoms with E-state index >= 15 is 0 Å². The lowest BCUT2D eigenvalue weighted by Crippen LogP contribution is -2.45. The second-order valence-electron chi connectivity index (χ2n) is 10.4. The van der Waals surface area contributed by atoms with Crippen LogP contribution in [-0.4, -0.2) is 65.8 Å². The van der Waals surface area contributed by atoms with Crippen LogP contribution in [0.1, 0.15) is 25.0 Å². The van der Waals surface area contributed by atoms with E-state index in [4.69, 9.17) is 0 Å². The Morgan fingerprint density at radius 1 is 0.824 bits per heavy atom. The Hall–Kier alpha value is -3.09. The summed E-state index contributed by atoms with van der Waals surface area (Å²) in [5.41, 5.74) is 1.21. The Morgan fingerprint density at radius 2 is 1.24 bits per heavy atom. The Balaban J connectivity index is 1.69. The highest BCUT2D eigenvalue weighted by Gasteiger charge is 2.78. The first-order chi connectivity index (χ1) is 16.1. The van der Waals surface area contributed by atoms with E-state index in [1.807, 2.05) is 93.5 Å². The number of hydrogen-bond donors (Lipinski definition) is 1. The van der Waals surface area contributed by atoms with Crippen molar-refractivity contribution < 1.29 is 19.5 Å². The molecule has 0 aromatic heterocycles. The van der Waals surface area contributed by atoms with Gasteiger partial charge in [-0.1, -0.05) is 60.7 Å². The Bertz CT molecular complexity index is 1120. The predicted octanol–water partition coefficient (Wildman–Crippen LogP) is 2.73. The Morgan fingerprint density at radius 3 is 1.62 bits per heavy atom. The average molecular weight is 459 g/mol. The zero-order chi connectivity index (χ0) is 24.4. The van der Waals surface area contributed by atoms with Gasteiger partial charge in [0.2, 0.25) is 11.8 Å². The molecule has 34 heavy (non-hydrogen) atoms. The fourth-order valence-corrected chi connectivity index (χ4v) is 6.74. The molecule has 1 aliphatic heterocycles. The fraction of sp³-hybridized carbons (Fsp3) is 0.393. The van der Waals surface area contributed by atoms with Gasteiger partial charge in [0.25, 0.3) is 0 Å². The number of β-amino-alcohol motifs (C(OH)–C–C–N with tert-alkyl or cyclic N) is 1. The van der Waals surface area contributed by atoms with E-state index in [1.54, 1.807) is 0 Å². The lowest BCUT2D eigenvalue weighted by molar-refractivity contribution is -0.146. The maximum Gasteiger partial charge on any atom is 0.234 e. The number of nitrogens with zero attached hydrogens (tertiary/aromatic N) is 2. The van der Waals surface area contributed by atoms with Gasteiger partial charge in [0.05, 0.1) is 35.3 Å². The first-order valence-corrected chi connectivity index (χ1v) is 11.7. The first kappa shape index (κ1) is 22.7. The van der Waals surface area contributed by atoms with Gasteiger partial charge in [-0.25, -0.2) is 0 Å². The number of amides is 2. The summed E-state index contributed by atoms with van der Waals surface area (Å²) in [7, 11) is 3.66. The van der Waals surface area contributed by atoms with Gasteiger partial charge in [-0.05, 0) is 50.2 Å². The van der Waals surface area contributed by atoms with Crippen LogP contribution in [0, 0.1) is 22.7 Å². The highest BCUT2D eigenvalue weighted by Crippen LogP contribution is 2.73. The van der Waals surface area contributed by atoms with Crippen molar-refractivity contribution in [2.45, 2.75) is 20.0 Å². The van der Waals surface area contributed by atoms with Crippen LogP contribution in [0.2, 0.25) is 0 Å². The van der Waals surface area contributed by atoms with E-state index in [0.717, 1.165) is 22.3 Å². The molecular weight excluding hydrogens is 428 g/mol. The number of likely N-dealkylation sites (N-methyl/N-ethyl adjacent to an activating group) is 1. The number of benzene rings is 2. The number of ketones is 1. The van der Waals surface area contributed by atoms with Crippen molar-refractivity contribution in [2.75, 3.05) is 27.2 Å². The summed E-state index contributed by atoms with van der Waals surface area (Å²) >= 11 is 0. The molecule has 2 aromatic rings. The molecule has 6 nitrogen and oxygen atoms in total. The molecule has 2 aliphatic carbocycles. The summed E-state index contributed by atoms with van der Waals surface area (Å²) in [5.74, 6) is -2.32. The SMILES string of the molecule is CN(C)CC(O)CN1C(=O)C2C(C1=O)C1(C)C(=O)C2(C)C(c2ccccc2)=C1c1ccccc1. The normalized spacial score (nSPS) is 31.1. The Labute approximate surface area is 199 Å². The molecule has 5 rings (SSSR count). The molecule has 1 N–H and O–H groups in total. The topological polar surface area (TPSA) is 77.9 Å². The summed E-state index contributed by atoms with van der Waals surface area (Å²) in [6.45, 7) is 3.94. The van der Waals surface area contributed by atoms with E-state index in [-0.39, 0.29) is 24.1 Å². The third-order valence-electron chi connectivity index (χ3n) is 7.97. The minimum absolute atomic E-state index is 0.0649. The summed E-state index contributed by atoms with van der Waals surface area (Å²) in [4.78, 5) is 44.6. The lowest BCUT2D eigenvalue weighted by Gasteiger charge is -2.35. The molecule has 0 spiro atoms. The van der Waals surface area contributed by atoms with Crippen molar-refractivity contribution >= 4 is 28.7 Å². The van der Waals surface area contributed by atoms with Crippen LogP contribution >= 0.6 is 0 Å². The van der Waals surface area contributed by atoms with Gasteiger partial charge in [0.1, 0.15) is 0 Å². The molecule has 0 radical (unpaired) electrons. The summed E-state index contributed by atoms with van der Waals surface area (Å²) < 4.78 is 0. The van der Waals surface area contributed by atoms with E-state index in [2.05, 4.69) is 0 Å². The number of carbonyl (C=O) groups is 3. The van der Waals surface area contributed by atoms with Gasteiger partial charge in [-0.3, -0.25) is 19.3 Å². The smallest absolute Gasteiger partial charge is 0.234 e. The number of aliphatic hydroxyl groups excluding tert-OH is 1. The zero-order valence-electron chi connectivity index (χ0n) is 20.0. The quantitative estimate of drug-likeness (QED) is 0.674. The minimum Gasteiger partial charge on any atom is -0.390 e. The molecule has 2 bridgehead atoms. The highest BCUT2D eigenvalue weighted by atomic mass is 16.3. The van der Waals surface area contributed by atoms with Crippen LogP contribution in [0.15, 0.2) is 60.7 Å². The molecule has 2 aromatic carbocycles. The molecule has 6 heteroatoms. The monoisotopic (exact) mass is 458 g/mol. The molecule has 2 fully saturated rings. The molecule has 1 saturated heterocycles. The van der Waals surface area contributed by atoms with Crippen molar-refractivity contribution in [3.8, 4) is 0 Å². The number of aliphatic hydroxyl groups is 1. The van der Waals surface area contributed by atoms with E-state index in [0.29, 0.717) is 6.54 Å². The number of fused-ring (bicyclic) bond motifs is 5. The van der Waals surface area contributed by atoms with Crippen LogP contribution in [-0.2, 0) is 14.4 Å². The molecule has 1 saturated carbocycles. The second kappa shape index (κ2) is 7.72. The number of imide groups is 1. The van der Waals surface area contributed by atoms with Crippen LogP contribution in [0.3, 0.4) is 0 Å². The third kappa shape index (κ3) is 2.85. The van der Waals surface area contributed by atoms with Crippen LogP contribution in [0.5, 0.6) is 0 Å². The highest BCUT2D eigenvalue weighted by molar-refractivity contribution is 6.29. The van der Waals surface area contributed by atoms with Gasteiger partial charge in [-0.15, -0.1) is 0 Å². The number of carbonyl (C=O) groups excluding carboxylic acids is 3. The summed E-state index contributed by atoms with van der Waals surface area (Å²) in [5, 5.41) is 10.5.